The standard InChI is InChI=1S/C22H22N2O5S/c1-15-7-5-8-18(22(25)29-4)20(15)24(2)19-9-6-14-23-21(19)30(26,27)17-12-10-16(28-3)11-13-17/h5-14H,1-4H3. The fraction of sp³-hybridized carbons (Fsp3) is 0.182. The Hall–Kier alpha value is -3.39. The van der Waals surface area contributed by atoms with E-state index < -0.39 is 15.8 Å². The molecule has 0 aliphatic rings. The van der Waals surface area contributed by atoms with Gasteiger partial charge in [0.25, 0.3) is 0 Å². The number of nitrogens with zero attached hydrogens (tertiary/aromatic N) is 2. The number of methoxy groups -OCH3 is 2. The van der Waals surface area contributed by atoms with Gasteiger partial charge >= 0.3 is 5.97 Å². The van der Waals surface area contributed by atoms with Crippen LogP contribution in [0, 0.1) is 6.92 Å². The molecular weight excluding hydrogens is 404 g/mol. The minimum absolute atomic E-state index is 0.0922. The first kappa shape index (κ1) is 21.3. The topological polar surface area (TPSA) is 85.8 Å². The number of ether oxygens (including phenoxy) is 2. The molecule has 8 heteroatoms. The summed E-state index contributed by atoms with van der Waals surface area (Å²) in [6, 6.07) is 14.6. The molecule has 0 saturated heterocycles. The zero-order chi connectivity index (χ0) is 21.9. The molecule has 3 aromatic rings. The van der Waals surface area contributed by atoms with Gasteiger partial charge in [-0.15, -0.1) is 0 Å². The summed E-state index contributed by atoms with van der Waals surface area (Å²) in [6.45, 7) is 1.84. The highest BCUT2D eigenvalue weighted by molar-refractivity contribution is 7.91. The van der Waals surface area contributed by atoms with Crippen LogP contribution in [0.2, 0.25) is 0 Å². The zero-order valence-electron chi connectivity index (χ0n) is 17.1. The fourth-order valence-corrected chi connectivity index (χ4v) is 4.61. The fourth-order valence-electron chi connectivity index (χ4n) is 3.21. The monoisotopic (exact) mass is 426 g/mol. The molecule has 3 rings (SSSR count). The number of aryl methyl sites for hydroxylation is 1. The van der Waals surface area contributed by atoms with Gasteiger partial charge in [-0.25, -0.2) is 18.2 Å². The van der Waals surface area contributed by atoms with E-state index in [4.69, 9.17) is 9.47 Å². The molecule has 30 heavy (non-hydrogen) atoms. The van der Waals surface area contributed by atoms with Crippen LogP contribution in [0.1, 0.15) is 15.9 Å². The lowest BCUT2D eigenvalue weighted by Gasteiger charge is -2.25. The van der Waals surface area contributed by atoms with Gasteiger partial charge < -0.3 is 14.4 Å². The van der Waals surface area contributed by atoms with Crippen LogP contribution < -0.4 is 9.64 Å². The average Bonchev–Trinajstić information content (AvgIpc) is 2.78. The van der Waals surface area contributed by atoms with Gasteiger partial charge in [0.15, 0.2) is 5.03 Å². The van der Waals surface area contributed by atoms with Gasteiger partial charge in [-0.3, -0.25) is 0 Å². The van der Waals surface area contributed by atoms with E-state index in [1.54, 1.807) is 48.3 Å². The molecule has 0 spiro atoms. The highest BCUT2D eigenvalue weighted by atomic mass is 32.2. The lowest BCUT2D eigenvalue weighted by atomic mass is 10.1. The van der Waals surface area contributed by atoms with E-state index in [2.05, 4.69) is 4.98 Å². The predicted molar refractivity (Wildman–Crippen MR) is 113 cm³/mol. The Morgan fingerprint density at radius 3 is 2.33 bits per heavy atom. The lowest BCUT2D eigenvalue weighted by molar-refractivity contribution is 0.0601. The van der Waals surface area contributed by atoms with Crippen molar-refractivity contribution in [2.45, 2.75) is 16.8 Å². The molecule has 156 valence electrons. The Morgan fingerprint density at radius 1 is 1.00 bits per heavy atom. The van der Waals surface area contributed by atoms with Gasteiger partial charge in [-0.05, 0) is 55.0 Å². The number of hydrogen-bond acceptors (Lipinski definition) is 7. The van der Waals surface area contributed by atoms with E-state index in [0.29, 0.717) is 22.7 Å². The second kappa shape index (κ2) is 8.54. The molecule has 0 unspecified atom stereocenters. The van der Waals surface area contributed by atoms with Crippen LogP contribution in [0.4, 0.5) is 11.4 Å². The Balaban J connectivity index is 2.16. The molecule has 0 amide bonds. The highest BCUT2D eigenvalue weighted by Crippen LogP contribution is 2.35. The number of anilines is 2. The van der Waals surface area contributed by atoms with Crippen LogP contribution in [0.3, 0.4) is 0 Å². The average molecular weight is 426 g/mol. The van der Waals surface area contributed by atoms with Crippen molar-refractivity contribution in [3.05, 3.63) is 71.9 Å². The van der Waals surface area contributed by atoms with Crippen LogP contribution in [-0.2, 0) is 14.6 Å². The molecule has 0 radical (unpaired) electrons. The summed E-state index contributed by atoms with van der Waals surface area (Å²) in [6.07, 6.45) is 1.42. The predicted octanol–water partition coefficient (Wildman–Crippen LogP) is 3.79. The second-order valence-corrected chi connectivity index (χ2v) is 8.39. The number of benzene rings is 2. The minimum atomic E-state index is -3.92. The maximum absolute atomic E-state index is 13.3. The molecule has 0 aliphatic carbocycles. The van der Waals surface area contributed by atoms with Crippen molar-refractivity contribution in [1.29, 1.82) is 0 Å². The summed E-state index contributed by atoms with van der Waals surface area (Å²) in [4.78, 5) is 18.2. The van der Waals surface area contributed by atoms with E-state index >= 15 is 0 Å². The first-order chi connectivity index (χ1) is 14.3. The number of carbonyl (C=O) groups excluding carboxylic acids is 1. The quantitative estimate of drug-likeness (QED) is 0.554. The molecular formula is C22H22N2O5S. The smallest absolute Gasteiger partial charge is 0.339 e. The summed E-state index contributed by atoms with van der Waals surface area (Å²) in [5, 5.41) is -0.114. The van der Waals surface area contributed by atoms with Gasteiger partial charge in [-0.2, -0.15) is 0 Å². The molecule has 0 atom stereocenters. The summed E-state index contributed by atoms with van der Waals surface area (Å²) in [7, 11) is 0.584. The van der Waals surface area contributed by atoms with Crippen molar-refractivity contribution in [3.63, 3.8) is 0 Å². The second-order valence-electron chi connectivity index (χ2n) is 6.53. The number of aromatic nitrogens is 1. The summed E-state index contributed by atoms with van der Waals surface area (Å²) >= 11 is 0. The maximum Gasteiger partial charge on any atom is 0.339 e. The van der Waals surface area contributed by atoms with Crippen LogP contribution in [-0.4, -0.2) is 40.6 Å². The molecule has 2 aromatic carbocycles. The summed E-state index contributed by atoms with van der Waals surface area (Å²) in [5.41, 5.74) is 2.00. The highest BCUT2D eigenvalue weighted by Gasteiger charge is 2.27. The largest absolute Gasteiger partial charge is 0.497 e. The zero-order valence-corrected chi connectivity index (χ0v) is 17.9. The Morgan fingerprint density at radius 2 is 1.70 bits per heavy atom. The van der Waals surface area contributed by atoms with Crippen molar-refractivity contribution >= 4 is 27.2 Å². The van der Waals surface area contributed by atoms with Gasteiger partial charge in [0.2, 0.25) is 9.84 Å². The van der Waals surface area contributed by atoms with Crippen molar-refractivity contribution < 1.29 is 22.7 Å². The van der Waals surface area contributed by atoms with Gasteiger partial charge in [0.05, 0.1) is 36.1 Å². The molecule has 0 saturated carbocycles. The molecule has 0 bridgehead atoms. The Bertz CT molecular complexity index is 1170. The van der Waals surface area contributed by atoms with Crippen molar-refractivity contribution in [2.75, 3.05) is 26.2 Å². The maximum atomic E-state index is 13.3. The van der Waals surface area contributed by atoms with E-state index in [9.17, 15) is 13.2 Å². The number of hydrogen-bond donors (Lipinski definition) is 0. The summed E-state index contributed by atoms with van der Waals surface area (Å²) in [5.74, 6) is 0.0407. The Kier molecular flexibility index (Phi) is 6.07. The third-order valence-corrected chi connectivity index (χ3v) is 6.43. The van der Waals surface area contributed by atoms with Crippen LogP contribution >= 0.6 is 0 Å². The molecule has 0 aliphatic heterocycles. The van der Waals surface area contributed by atoms with Crippen LogP contribution in [0.25, 0.3) is 0 Å². The van der Waals surface area contributed by atoms with Crippen molar-refractivity contribution in [3.8, 4) is 5.75 Å². The van der Waals surface area contributed by atoms with E-state index in [1.165, 1.54) is 32.5 Å². The minimum Gasteiger partial charge on any atom is -0.497 e. The molecule has 0 N–H and O–H groups in total. The number of carbonyl (C=O) groups is 1. The van der Waals surface area contributed by atoms with Crippen LogP contribution in [0.5, 0.6) is 5.75 Å². The van der Waals surface area contributed by atoms with Crippen LogP contribution in [0.15, 0.2) is 70.7 Å². The van der Waals surface area contributed by atoms with Crippen molar-refractivity contribution in [1.82, 2.24) is 4.98 Å². The number of esters is 1. The SMILES string of the molecule is COC(=O)c1cccc(C)c1N(C)c1cccnc1S(=O)(=O)c1ccc(OC)cc1. The van der Waals surface area contributed by atoms with E-state index in [-0.39, 0.29) is 9.92 Å². The third kappa shape index (κ3) is 3.86. The number of pyridine rings is 1. The first-order valence-electron chi connectivity index (χ1n) is 9.07. The van der Waals surface area contributed by atoms with E-state index in [1.807, 2.05) is 13.0 Å². The van der Waals surface area contributed by atoms with Gasteiger partial charge in [-0.1, -0.05) is 12.1 Å². The third-order valence-electron chi connectivity index (χ3n) is 4.72. The molecule has 7 nitrogen and oxygen atoms in total. The number of para-hydroxylation sites is 1. The van der Waals surface area contributed by atoms with Crippen molar-refractivity contribution in [2.24, 2.45) is 0 Å². The number of rotatable bonds is 6. The molecule has 0 fully saturated rings. The first-order valence-corrected chi connectivity index (χ1v) is 10.6. The van der Waals surface area contributed by atoms with Gasteiger partial charge in [0, 0.05) is 13.2 Å². The normalized spacial score (nSPS) is 11.1. The van der Waals surface area contributed by atoms with E-state index in [0.717, 1.165) is 5.56 Å². The lowest BCUT2D eigenvalue weighted by Crippen LogP contribution is -2.19. The van der Waals surface area contributed by atoms with Gasteiger partial charge in [0.1, 0.15) is 5.75 Å². The molecule has 1 aromatic heterocycles. The Labute approximate surface area is 175 Å². The number of sulfone groups is 1. The molecule has 1 heterocycles. The summed E-state index contributed by atoms with van der Waals surface area (Å²) < 4.78 is 36.7.